The largest absolute Gasteiger partial charge is 0.395 e. The lowest BCUT2D eigenvalue weighted by Crippen LogP contribution is -2.21. The van der Waals surface area contributed by atoms with E-state index < -0.39 is 11.7 Å². The molecule has 0 aliphatic rings. The number of amides is 1. The normalized spacial score (nSPS) is 10.7. The van der Waals surface area contributed by atoms with Gasteiger partial charge in [0.2, 0.25) is 0 Å². The summed E-state index contributed by atoms with van der Waals surface area (Å²) in [7, 11) is 1.88. The molecule has 5 nitrogen and oxygen atoms in total. The fourth-order valence-corrected chi connectivity index (χ4v) is 1.96. The average Bonchev–Trinajstić information content (AvgIpc) is 2.56. The Morgan fingerprint density at radius 3 is 2.61 bits per heavy atom. The molecule has 2 aromatic carbocycles. The van der Waals surface area contributed by atoms with Gasteiger partial charge >= 0.3 is 0 Å². The highest BCUT2D eigenvalue weighted by molar-refractivity contribution is 5.95. The minimum Gasteiger partial charge on any atom is -0.395 e. The first-order chi connectivity index (χ1) is 11.1. The van der Waals surface area contributed by atoms with E-state index in [0.717, 1.165) is 11.3 Å². The second kappa shape index (κ2) is 8.05. The van der Waals surface area contributed by atoms with Gasteiger partial charge in [0, 0.05) is 19.3 Å². The van der Waals surface area contributed by atoms with Gasteiger partial charge in [-0.05, 0) is 29.8 Å². The van der Waals surface area contributed by atoms with Gasteiger partial charge in [0.15, 0.2) is 0 Å². The minimum absolute atomic E-state index is 0.0503. The van der Waals surface area contributed by atoms with Gasteiger partial charge in [-0.1, -0.05) is 24.3 Å². The maximum absolute atomic E-state index is 13.4. The van der Waals surface area contributed by atoms with E-state index in [1.165, 1.54) is 24.4 Å². The molecular weight excluding hydrogens is 297 g/mol. The summed E-state index contributed by atoms with van der Waals surface area (Å²) < 4.78 is 13.4. The molecule has 2 rings (SSSR count). The van der Waals surface area contributed by atoms with Crippen molar-refractivity contribution >= 4 is 17.8 Å². The van der Waals surface area contributed by atoms with Gasteiger partial charge in [-0.3, -0.25) is 4.79 Å². The summed E-state index contributed by atoms with van der Waals surface area (Å²) in [6, 6.07) is 13.2. The molecule has 0 atom stereocenters. The zero-order valence-corrected chi connectivity index (χ0v) is 12.7. The predicted molar refractivity (Wildman–Crippen MR) is 88.3 cm³/mol. The van der Waals surface area contributed by atoms with Crippen LogP contribution >= 0.6 is 0 Å². The number of rotatable bonds is 6. The number of aliphatic hydroxyl groups is 1. The van der Waals surface area contributed by atoms with Gasteiger partial charge in [0.1, 0.15) is 5.82 Å². The van der Waals surface area contributed by atoms with E-state index in [1.807, 2.05) is 36.2 Å². The molecule has 0 radical (unpaired) electrons. The molecule has 1 amide bonds. The Labute approximate surface area is 134 Å². The van der Waals surface area contributed by atoms with Crippen LogP contribution in [0.3, 0.4) is 0 Å². The quantitative estimate of drug-likeness (QED) is 0.633. The van der Waals surface area contributed by atoms with Crippen LogP contribution in [0.1, 0.15) is 15.9 Å². The Morgan fingerprint density at radius 2 is 1.96 bits per heavy atom. The number of benzene rings is 2. The Hall–Kier alpha value is -2.73. The van der Waals surface area contributed by atoms with Gasteiger partial charge < -0.3 is 10.0 Å². The summed E-state index contributed by atoms with van der Waals surface area (Å²) in [4.78, 5) is 13.7. The third-order valence-electron chi connectivity index (χ3n) is 3.27. The van der Waals surface area contributed by atoms with Crippen molar-refractivity contribution in [3.05, 3.63) is 65.5 Å². The van der Waals surface area contributed by atoms with Crippen molar-refractivity contribution in [2.24, 2.45) is 5.10 Å². The first-order valence-corrected chi connectivity index (χ1v) is 7.12. The van der Waals surface area contributed by atoms with E-state index in [9.17, 15) is 9.18 Å². The lowest BCUT2D eigenvalue weighted by Gasteiger charge is -2.17. The number of hydrogen-bond donors (Lipinski definition) is 2. The van der Waals surface area contributed by atoms with Gasteiger partial charge in [-0.15, -0.1) is 0 Å². The van der Waals surface area contributed by atoms with Crippen LogP contribution in [0.5, 0.6) is 0 Å². The molecule has 0 unspecified atom stereocenters. The molecule has 0 fully saturated rings. The summed E-state index contributed by atoms with van der Waals surface area (Å²) in [6.07, 6.45) is 1.48. The molecule has 0 spiro atoms. The lowest BCUT2D eigenvalue weighted by atomic mass is 10.2. The maximum atomic E-state index is 13.4. The highest BCUT2D eigenvalue weighted by Crippen LogP contribution is 2.12. The Bertz CT molecular complexity index is 686. The Balaban J connectivity index is 1.95. The summed E-state index contributed by atoms with van der Waals surface area (Å²) in [5, 5.41) is 12.7. The smallest absolute Gasteiger partial charge is 0.274 e. The molecular formula is C17H18FN3O2. The number of carbonyl (C=O) groups is 1. The molecule has 0 aliphatic carbocycles. The van der Waals surface area contributed by atoms with Crippen molar-refractivity contribution in [3.63, 3.8) is 0 Å². The van der Waals surface area contributed by atoms with Gasteiger partial charge in [-0.25, -0.2) is 9.82 Å². The number of aliphatic hydroxyl groups excluding tert-OH is 1. The van der Waals surface area contributed by atoms with E-state index in [-0.39, 0.29) is 12.2 Å². The number of anilines is 1. The fourth-order valence-electron chi connectivity index (χ4n) is 1.96. The summed E-state index contributed by atoms with van der Waals surface area (Å²) in [5.74, 6) is -1.19. The molecule has 2 N–H and O–H groups in total. The van der Waals surface area contributed by atoms with Crippen LogP contribution in [0.4, 0.5) is 10.1 Å². The lowest BCUT2D eigenvalue weighted by molar-refractivity contribution is 0.0951. The van der Waals surface area contributed by atoms with Crippen molar-refractivity contribution in [1.29, 1.82) is 0 Å². The van der Waals surface area contributed by atoms with Crippen LogP contribution in [0.25, 0.3) is 0 Å². The molecule has 120 valence electrons. The summed E-state index contributed by atoms with van der Waals surface area (Å²) in [5.41, 5.74) is 4.00. The SMILES string of the molecule is CN(CCO)c1ccc(/C=N\NC(=O)c2ccccc2F)cc1. The van der Waals surface area contributed by atoms with Crippen LogP contribution in [0.15, 0.2) is 53.6 Å². The number of halogens is 1. The van der Waals surface area contributed by atoms with E-state index in [2.05, 4.69) is 10.5 Å². The van der Waals surface area contributed by atoms with E-state index >= 15 is 0 Å². The molecule has 0 aromatic heterocycles. The van der Waals surface area contributed by atoms with Crippen molar-refractivity contribution in [2.75, 3.05) is 25.1 Å². The number of hydrazone groups is 1. The molecule has 0 saturated carbocycles. The predicted octanol–water partition coefficient (Wildman–Crippen LogP) is 2.02. The number of hydrogen-bond acceptors (Lipinski definition) is 4. The van der Waals surface area contributed by atoms with E-state index in [0.29, 0.717) is 6.54 Å². The highest BCUT2D eigenvalue weighted by atomic mass is 19.1. The van der Waals surface area contributed by atoms with Crippen LogP contribution in [0, 0.1) is 5.82 Å². The molecule has 6 heteroatoms. The van der Waals surface area contributed by atoms with E-state index in [1.54, 1.807) is 6.07 Å². The average molecular weight is 315 g/mol. The number of nitrogens with one attached hydrogen (secondary N) is 1. The Morgan fingerprint density at radius 1 is 1.26 bits per heavy atom. The Kier molecular flexibility index (Phi) is 5.82. The summed E-state index contributed by atoms with van der Waals surface area (Å²) in [6.45, 7) is 0.633. The molecule has 0 heterocycles. The zero-order valence-electron chi connectivity index (χ0n) is 12.7. The van der Waals surface area contributed by atoms with Crippen LogP contribution in [-0.2, 0) is 0 Å². The number of carbonyl (C=O) groups excluding carboxylic acids is 1. The van der Waals surface area contributed by atoms with Crippen molar-refractivity contribution in [2.45, 2.75) is 0 Å². The molecule has 0 bridgehead atoms. The van der Waals surface area contributed by atoms with Crippen molar-refractivity contribution < 1.29 is 14.3 Å². The van der Waals surface area contributed by atoms with Crippen LogP contribution in [-0.4, -0.2) is 37.4 Å². The number of likely N-dealkylation sites (N-methyl/N-ethyl adjacent to an activating group) is 1. The van der Waals surface area contributed by atoms with Crippen LogP contribution < -0.4 is 10.3 Å². The van der Waals surface area contributed by atoms with E-state index in [4.69, 9.17) is 5.11 Å². The molecule has 2 aromatic rings. The van der Waals surface area contributed by atoms with Crippen LogP contribution in [0.2, 0.25) is 0 Å². The molecule has 0 saturated heterocycles. The first kappa shape index (κ1) is 16.6. The standard InChI is InChI=1S/C17H18FN3O2/c1-21(10-11-22)14-8-6-13(7-9-14)12-19-20-17(23)15-4-2-3-5-16(15)18/h2-9,12,22H,10-11H2,1H3,(H,20,23)/b19-12-. The maximum Gasteiger partial charge on any atom is 0.274 e. The monoisotopic (exact) mass is 315 g/mol. The summed E-state index contributed by atoms with van der Waals surface area (Å²) >= 11 is 0. The topological polar surface area (TPSA) is 64.9 Å². The second-order valence-electron chi connectivity index (χ2n) is 4.92. The minimum atomic E-state index is -0.598. The van der Waals surface area contributed by atoms with Crippen molar-refractivity contribution in [1.82, 2.24) is 5.43 Å². The molecule has 0 aliphatic heterocycles. The molecule has 23 heavy (non-hydrogen) atoms. The fraction of sp³-hybridized carbons (Fsp3) is 0.176. The van der Waals surface area contributed by atoms with Gasteiger partial charge in [-0.2, -0.15) is 5.10 Å². The zero-order chi connectivity index (χ0) is 16.7. The number of nitrogens with zero attached hydrogens (tertiary/aromatic N) is 2. The van der Waals surface area contributed by atoms with Gasteiger partial charge in [0.05, 0.1) is 18.4 Å². The van der Waals surface area contributed by atoms with Crippen molar-refractivity contribution in [3.8, 4) is 0 Å². The second-order valence-corrected chi connectivity index (χ2v) is 4.92. The third kappa shape index (κ3) is 4.62. The first-order valence-electron chi connectivity index (χ1n) is 7.12. The van der Waals surface area contributed by atoms with Gasteiger partial charge in [0.25, 0.3) is 5.91 Å². The third-order valence-corrected chi connectivity index (χ3v) is 3.27. The highest BCUT2D eigenvalue weighted by Gasteiger charge is 2.09.